The Bertz CT molecular complexity index is 358. The van der Waals surface area contributed by atoms with Gasteiger partial charge < -0.3 is 9.64 Å². The second-order valence-electron chi connectivity index (χ2n) is 7.15. The standard InChI is InChI=1S/C16H27F3N2O/c17-16(18,19)4-5-21-11-14-3-1-2-13(15(14)12-21)10-20-6-8-22-9-7-20/h13-15H,1-12H2/t13-,14+,15+/m0/s1. The largest absolute Gasteiger partial charge is 0.390 e. The zero-order valence-corrected chi connectivity index (χ0v) is 13.2. The Morgan fingerprint density at radius 1 is 1.00 bits per heavy atom. The maximum Gasteiger partial charge on any atom is 0.390 e. The monoisotopic (exact) mass is 320 g/mol. The second kappa shape index (κ2) is 7.05. The predicted octanol–water partition coefficient (Wildman–Crippen LogP) is 2.62. The summed E-state index contributed by atoms with van der Waals surface area (Å²) in [6, 6.07) is 0. The molecule has 0 aromatic heterocycles. The average molecular weight is 320 g/mol. The van der Waals surface area contributed by atoms with E-state index in [-0.39, 0.29) is 6.54 Å². The third-order valence-corrected chi connectivity index (χ3v) is 5.63. The topological polar surface area (TPSA) is 15.7 Å². The van der Waals surface area contributed by atoms with Gasteiger partial charge in [-0.25, -0.2) is 0 Å². The van der Waals surface area contributed by atoms with Crippen LogP contribution in [0.25, 0.3) is 0 Å². The van der Waals surface area contributed by atoms with Gasteiger partial charge in [-0.3, -0.25) is 4.90 Å². The van der Waals surface area contributed by atoms with Crippen LogP contribution in [0.4, 0.5) is 13.2 Å². The van der Waals surface area contributed by atoms with E-state index in [1.165, 1.54) is 19.3 Å². The molecule has 1 saturated carbocycles. The van der Waals surface area contributed by atoms with Crippen molar-refractivity contribution in [1.29, 1.82) is 0 Å². The van der Waals surface area contributed by atoms with Crippen molar-refractivity contribution in [3.8, 4) is 0 Å². The number of rotatable bonds is 4. The molecule has 3 fully saturated rings. The van der Waals surface area contributed by atoms with Crippen LogP contribution in [0.2, 0.25) is 0 Å². The second-order valence-corrected chi connectivity index (χ2v) is 7.15. The van der Waals surface area contributed by atoms with Gasteiger partial charge in [0, 0.05) is 39.3 Å². The first-order valence-electron chi connectivity index (χ1n) is 8.60. The lowest BCUT2D eigenvalue weighted by Crippen LogP contribution is -2.43. The number of alkyl halides is 3. The molecule has 1 aliphatic carbocycles. The van der Waals surface area contributed by atoms with Crippen molar-refractivity contribution in [2.75, 3.05) is 52.5 Å². The van der Waals surface area contributed by atoms with E-state index in [9.17, 15) is 13.2 Å². The average Bonchev–Trinajstić information content (AvgIpc) is 2.90. The fourth-order valence-corrected chi connectivity index (χ4v) is 4.49. The number of halogens is 3. The molecule has 3 rings (SSSR count). The highest BCUT2D eigenvalue weighted by molar-refractivity contribution is 4.92. The molecule has 6 heteroatoms. The van der Waals surface area contributed by atoms with Crippen molar-refractivity contribution in [2.45, 2.75) is 31.9 Å². The summed E-state index contributed by atoms with van der Waals surface area (Å²) in [5.41, 5.74) is 0. The van der Waals surface area contributed by atoms with E-state index < -0.39 is 12.6 Å². The zero-order valence-electron chi connectivity index (χ0n) is 13.2. The lowest BCUT2D eigenvalue weighted by Gasteiger charge is -2.37. The van der Waals surface area contributed by atoms with Gasteiger partial charge in [0.1, 0.15) is 0 Å². The first-order valence-corrected chi connectivity index (χ1v) is 8.60. The van der Waals surface area contributed by atoms with Crippen molar-refractivity contribution in [3.05, 3.63) is 0 Å². The van der Waals surface area contributed by atoms with Crippen LogP contribution < -0.4 is 0 Å². The molecule has 0 aromatic carbocycles. The fraction of sp³-hybridized carbons (Fsp3) is 1.00. The summed E-state index contributed by atoms with van der Waals surface area (Å²) >= 11 is 0. The van der Waals surface area contributed by atoms with Gasteiger partial charge in [-0.05, 0) is 30.6 Å². The van der Waals surface area contributed by atoms with Crippen molar-refractivity contribution < 1.29 is 17.9 Å². The van der Waals surface area contributed by atoms with Crippen molar-refractivity contribution in [3.63, 3.8) is 0 Å². The Hall–Kier alpha value is -0.330. The molecule has 3 atom stereocenters. The number of ether oxygens (including phenoxy) is 1. The van der Waals surface area contributed by atoms with E-state index in [4.69, 9.17) is 4.74 Å². The Kier molecular flexibility index (Phi) is 5.30. The van der Waals surface area contributed by atoms with E-state index in [0.29, 0.717) is 17.8 Å². The van der Waals surface area contributed by atoms with Gasteiger partial charge in [0.25, 0.3) is 0 Å². The highest BCUT2D eigenvalue weighted by Crippen LogP contribution is 2.40. The van der Waals surface area contributed by atoms with Gasteiger partial charge in [-0.15, -0.1) is 0 Å². The normalized spacial score (nSPS) is 34.8. The molecule has 3 aliphatic rings. The van der Waals surface area contributed by atoms with Crippen LogP contribution in [-0.2, 0) is 4.74 Å². The summed E-state index contributed by atoms with van der Waals surface area (Å²) < 4.78 is 42.7. The maximum atomic E-state index is 12.4. The van der Waals surface area contributed by atoms with Gasteiger partial charge >= 0.3 is 6.18 Å². The molecule has 2 heterocycles. The minimum Gasteiger partial charge on any atom is -0.379 e. The lowest BCUT2D eigenvalue weighted by molar-refractivity contribution is -0.137. The van der Waals surface area contributed by atoms with Crippen molar-refractivity contribution in [1.82, 2.24) is 9.80 Å². The fourth-order valence-electron chi connectivity index (χ4n) is 4.49. The first-order chi connectivity index (χ1) is 10.5. The zero-order chi connectivity index (χ0) is 15.6. The molecule has 0 amide bonds. The molecule has 0 radical (unpaired) electrons. The molecule has 2 saturated heterocycles. The first kappa shape index (κ1) is 16.5. The quantitative estimate of drug-likeness (QED) is 0.792. The molecule has 0 N–H and O–H groups in total. The van der Waals surface area contributed by atoms with E-state index in [2.05, 4.69) is 9.80 Å². The van der Waals surface area contributed by atoms with Crippen molar-refractivity contribution in [2.24, 2.45) is 17.8 Å². The van der Waals surface area contributed by atoms with Gasteiger partial charge in [-0.2, -0.15) is 13.2 Å². The Morgan fingerprint density at radius 3 is 2.50 bits per heavy atom. The molecule has 0 spiro atoms. The SMILES string of the molecule is FC(F)(F)CCN1C[C@H]2CCC[C@@H](CN3CCOCC3)[C@H]2C1. The van der Waals surface area contributed by atoms with Crippen LogP contribution in [0.3, 0.4) is 0 Å². The lowest BCUT2D eigenvalue weighted by atomic mass is 9.73. The summed E-state index contributed by atoms with van der Waals surface area (Å²) in [4.78, 5) is 4.54. The number of likely N-dealkylation sites (tertiary alicyclic amines) is 1. The van der Waals surface area contributed by atoms with Gasteiger partial charge in [0.05, 0.1) is 19.6 Å². The number of hydrogen-bond acceptors (Lipinski definition) is 3. The minimum atomic E-state index is -4.03. The molecule has 3 nitrogen and oxygen atoms in total. The molecule has 22 heavy (non-hydrogen) atoms. The Labute approximate surface area is 130 Å². The highest BCUT2D eigenvalue weighted by Gasteiger charge is 2.41. The van der Waals surface area contributed by atoms with E-state index in [1.54, 1.807) is 0 Å². The minimum absolute atomic E-state index is 0.181. The van der Waals surface area contributed by atoms with Crippen molar-refractivity contribution >= 4 is 0 Å². The number of nitrogens with zero attached hydrogens (tertiary/aromatic N) is 2. The van der Waals surface area contributed by atoms with E-state index in [1.807, 2.05) is 0 Å². The van der Waals surface area contributed by atoms with Gasteiger partial charge in [0.2, 0.25) is 0 Å². The molecule has 2 aliphatic heterocycles. The molecule has 0 aromatic rings. The third-order valence-electron chi connectivity index (χ3n) is 5.63. The smallest absolute Gasteiger partial charge is 0.379 e. The molecular weight excluding hydrogens is 293 g/mol. The predicted molar refractivity (Wildman–Crippen MR) is 78.7 cm³/mol. The number of fused-ring (bicyclic) bond motifs is 1. The third kappa shape index (κ3) is 4.36. The molecule has 128 valence electrons. The van der Waals surface area contributed by atoms with Gasteiger partial charge in [0.15, 0.2) is 0 Å². The van der Waals surface area contributed by atoms with Crippen LogP contribution >= 0.6 is 0 Å². The van der Waals surface area contributed by atoms with E-state index >= 15 is 0 Å². The number of hydrogen-bond donors (Lipinski definition) is 0. The van der Waals surface area contributed by atoms with Crippen LogP contribution in [0, 0.1) is 17.8 Å². The summed E-state index contributed by atoms with van der Waals surface area (Å²) in [5.74, 6) is 1.88. The summed E-state index contributed by atoms with van der Waals surface area (Å²) in [6.45, 7) is 6.68. The Morgan fingerprint density at radius 2 is 1.77 bits per heavy atom. The summed E-state index contributed by atoms with van der Waals surface area (Å²) in [6.07, 6.45) is -1.01. The molecule has 0 bridgehead atoms. The van der Waals surface area contributed by atoms with Crippen LogP contribution in [0.15, 0.2) is 0 Å². The van der Waals surface area contributed by atoms with Crippen LogP contribution in [0.5, 0.6) is 0 Å². The van der Waals surface area contributed by atoms with Crippen LogP contribution in [-0.4, -0.2) is 68.5 Å². The Balaban J connectivity index is 1.51. The van der Waals surface area contributed by atoms with Crippen LogP contribution in [0.1, 0.15) is 25.7 Å². The molecular formula is C16H27F3N2O. The summed E-state index contributed by atoms with van der Waals surface area (Å²) in [5, 5.41) is 0. The van der Waals surface area contributed by atoms with E-state index in [0.717, 1.165) is 45.9 Å². The molecule has 0 unspecified atom stereocenters. The summed E-state index contributed by atoms with van der Waals surface area (Å²) in [7, 11) is 0. The highest BCUT2D eigenvalue weighted by atomic mass is 19.4. The van der Waals surface area contributed by atoms with Gasteiger partial charge in [-0.1, -0.05) is 6.42 Å². The number of morpholine rings is 1. The maximum absolute atomic E-state index is 12.4.